The molecule has 0 saturated heterocycles. The van der Waals surface area contributed by atoms with E-state index in [2.05, 4.69) is 0 Å². The van der Waals surface area contributed by atoms with Crippen molar-refractivity contribution < 1.29 is 34.0 Å². The van der Waals surface area contributed by atoms with Gasteiger partial charge in [-0.25, -0.2) is 4.79 Å². The van der Waals surface area contributed by atoms with Crippen LogP contribution >= 0.6 is 0 Å². The third-order valence-corrected chi connectivity index (χ3v) is 4.08. The van der Waals surface area contributed by atoms with Crippen LogP contribution in [0.1, 0.15) is 23.7 Å². The van der Waals surface area contributed by atoms with Crippen LogP contribution in [0.5, 0.6) is 23.0 Å². The molecule has 0 spiro atoms. The second-order valence-corrected chi connectivity index (χ2v) is 5.80. The van der Waals surface area contributed by atoms with Crippen LogP contribution in [0.4, 0.5) is 0 Å². The monoisotopic (exact) mass is 376 g/mol. The van der Waals surface area contributed by atoms with Gasteiger partial charge in [0.1, 0.15) is 5.75 Å². The average molecular weight is 376 g/mol. The van der Waals surface area contributed by atoms with Crippen molar-refractivity contribution in [1.29, 1.82) is 0 Å². The molecule has 2 rings (SSSR count). The van der Waals surface area contributed by atoms with Crippen molar-refractivity contribution in [3.63, 3.8) is 0 Å². The van der Waals surface area contributed by atoms with Gasteiger partial charge in [-0.05, 0) is 42.2 Å². The van der Waals surface area contributed by atoms with Gasteiger partial charge in [-0.2, -0.15) is 0 Å². The highest BCUT2D eigenvalue weighted by Gasteiger charge is 2.17. The summed E-state index contributed by atoms with van der Waals surface area (Å²) >= 11 is 0. The average Bonchev–Trinajstić information content (AvgIpc) is 2.69. The number of aliphatic hydroxyl groups excluding tert-OH is 1. The highest BCUT2D eigenvalue weighted by atomic mass is 16.5. The first-order valence-electron chi connectivity index (χ1n) is 8.40. The van der Waals surface area contributed by atoms with Crippen LogP contribution in [0.25, 0.3) is 0 Å². The van der Waals surface area contributed by atoms with Gasteiger partial charge in [0.25, 0.3) is 0 Å². The van der Waals surface area contributed by atoms with E-state index in [1.807, 2.05) is 6.07 Å². The Bertz CT molecular complexity index is 773. The molecule has 7 heteroatoms. The predicted molar refractivity (Wildman–Crippen MR) is 99.0 cm³/mol. The lowest BCUT2D eigenvalue weighted by Crippen LogP contribution is -2.09. The number of aliphatic carboxylic acids is 1. The zero-order valence-electron chi connectivity index (χ0n) is 15.6. The first-order chi connectivity index (χ1) is 13.0. The molecule has 0 bridgehead atoms. The van der Waals surface area contributed by atoms with E-state index in [1.165, 1.54) is 0 Å². The molecule has 1 unspecified atom stereocenters. The van der Waals surface area contributed by atoms with Gasteiger partial charge < -0.3 is 29.2 Å². The molecule has 7 nitrogen and oxygen atoms in total. The molecular weight excluding hydrogens is 352 g/mol. The maximum atomic E-state index is 10.6. The standard InChI is InChI=1S/C20H24O7/c1-24-17-10-8-13(19(25-2)20(17)26-3)7-9-16(21)14-5-4-6-15(11-14)27-12-18(22)23/h4-6,8,10-11,16,21H,7,9,12H2,1-3H3,(H,22,23). The predicted octanol–water partition coefficient (Wildman–Crippen LogP) is 2.84. The van der Waals surface area contributed by atoms with E-state index in [1.54, 1.807) is 51.7 Å². The lowest BCUT2D eigenvalue weighted by Gasteiger charge is -2.17. The fourth-order valence-electron chi connectivity index (χ4n) is 2.78. The summed E-state index contributed by atoms with van der Waals surface area (Å²) in [6.45, 7) is -0.428. The molecule has 1 atom stereocenters. The topological polar surface area (TPSA) is 94.5 Å². The summed E-state index contributed by atoms with van der Waals surface area (Å²) in [6.07, 6.45) is 0.246. The van der Waals surface area contributed by atoms with Gasteiger partial charge in [-0.3, -0.25) is 0 Å². The first kappa shape index (κ1) is 20.4. The Balaban J connectivity index is 2.10. The smallest absolute Gasteiger partial charge is 0.341 e. The molecule has 0 aliphatic heterocycles. The van der Waals surface area contributed by atoms with Gasteiger partial charge in [0.05, 0.1) is 27.4 Å². The van der Waals surface area contributed by atoms with Crippen molar-refractivity contribution in [2.24, 2.45) is 0 Å². The van der Waals surface area contributed by atoms with Crippen LogP contribution in [-0.4, -0.2) is 44.1 Å². The fourth-order valence-corrected chi connectivity index (χ4v) is 2.78. The summed E-state index contributed by atoms with van der Waals surface area (Å²) < 4.78 is 21.3. The molecule has 0 aliphatic rings. The lowest BCUT2D eigenvalue weighted by atomic mass is 10.00. The van der Waals surface area contributed by atoms with E-state index in [4.69, 9.17) is 24.1 Å². The highest BCUT2D eigenvalue weighted by molar-refractivity contribution is 5.68. The lowest BCUT2D eigenvalue weighted by molar-refractivity contribution is -0.139. The summed E-state index contributed by atoms with van der Waals surface area (Å²) in [5, 5.41) is 19.2. The Morgan fingerprint density at radius 1 is 1.04 bits per heavy atom. The number of ether oxygens (including phenoxy) is 4. The highest BCUT2D eigenvalue weighted by Crippen LogP contribution is 2.40. The summed E-state index contributed by atoms with van der Waals surface area (Å²) in [5.41, 5.74) is 1.53. The third-order valence-electron chi connectivity index (χ3n) is 4.08. The second-order valence-electron chi connectivity index (χ2n) is 5.80. The van der Waals surface area contributed by atoms with E-state index >= 15 is 0 Å². The summed E-state index contributed by atoms with van der Waals surface area (Å²) in [5.74, 6) is 1.000. The Morgan fingerprint density at radius 2 is 1.78 bits per heavy atom. The van der Waals surface area contributed by atoms with Gasteiger partial charge in [0.2, 0.25) is 5.75 Å². The zero-order valence-corrected chi connectivity index (χ0v) is 15.6. The van der Waals surface area contributed by atoms with Crippen LogP contribution in [0.2, 0.25) is 0 Å². The van der Waals surface area contributed by atoms with Gasteiger partial charge in [0.15, 0.2) is 18.1 Å². The minimum absolute atomic E-state index is 0.401. The maximum Gasteiger partial charge on any atom is 0.341 e. The fraction of sp³-hybridized carbons (Fsp3) is 0.350. The van der Waals surface area contributed by atoms with Crippen LogP contribution in [0, 0.1) is 0 Å². The molecule has 27 heavy (non-hydrogen) atoms. The van der Waals surface area contributed by atoms with Crippen molar-refractivity contribution in [1.82, 2.24) is 0 Å². The van der Waals surface area contributed by atoms with E-state index in [0.29, 0.717) is 41.4 Å². The van der Waals surface area contributed by atoms with Gasteiger partial charge in [-0.1, -0.05) is 18.2 Å². The van der Waals surface area contributed by atoms with E-state index in [9.17, 15) is 9.90 Å². The number of aryl methyl sites for hydroxylation is 1. The van der Waals surface area contributed by atoms with Crippen molar-refractivity contribution in [2.45, 2.75) is 18.9 Å². The number of carbonyl (C=O) groups is 1. The van der Waals surface area contributed by atoms with Crippen molar-refractivity contribution in [3.8, 4) is 23.0 Å². The van der Waals surface area contributed by atoms with E-state index in [-0.39, 0.29) is 0 Å². The Hall–Kier alpha value is -2.93. The molecule has 2 aromatic rings. The summed E-state index contributed by atoms with van der Waals surface area (Å²) in [4.78, 5) is 10.6. The molecule has 0 fully saturated rings. The Morgan fingerprint density at radius 3 is 2.41 bits per heavy atom. The van der Waals surface area contributed by atoms with Crippen molar-refractivity contribution in [2.75, 3.05) is 27.9 Å². The first-order valence-corrected chi connectivity index (χ1v) is 8.40. The third kappa shape index (κ3) is 5.27. The van der Waals surface area contributed by atoms with Crippen molar-refractivity contribution in [3.05, 3.63) is 47.5 Å². The normalized spacial score (nSPS) is 11.6. The summed E-state index contributed by atoms with van der Waals surface area (Å²) in [7, 11) is 4.66. The largest absolute Gasteiger partial charge is 0.493 e. The molecular formula is C20H24O7. The molecule has 2 aromatic carbocycles. The van der Waals surface area contributed by atoms with Crippen LogP contribution < -0.4 is 18.9 Å². The number of hydrogen-bond donors (Lipinski definition) is 2. The van der Waals surface area contributed by atoms with E-state index < -0.39 is 18.7 Å². The van der Waals surface area contributed by atoms with Crippen LogP contribution in [0.15, 0.2) is 36.4 Å². The molecule has 2 N–H and O–H groups in total. The van der Waals surface area contributed by atoms with Crippen LogP contribution in [0.3, 0.4) is 0 Å². The minimum atomic E-state index is -1.05. The minimum Gasteiger partial charge on any atom is -0.493 e. The SMILES string of the molecule is COc1ccc(CCC(O)c2cccc(OCC(=O)O)c2)c(OC)c1OC. The number of hydrogen-bond acceptors (Lipinski definition) is 6. The van der Waals surface area contributed by atoms with Gasteiger partial charge >= 0.3 is 5.97 Å². The number of benzene rings is 2. The molecule has 0 aromatic heterocycles. The number of methoxy groups -OCH3 is 3. The molecule has 146 valence electrons. The van der Waals surface area contributed by atoms with Crippen molar-refractivity contribution >= 4 is 5.97 Å². The number of rotatable bonds is 10. The molecule has 0 radical (unpaired) electrons. The number of carboxylic acids is 1. The summed E-state index contributed by atoms with van der Waals surface area (Å²) in [6, 6.07) is 10.4. The Kier molecular flexibility index (Phi) is 7.31. The molecule has 0 heterocycles. The van der Waals surface area contributed by atoms with Gasteiger partial charge in [-0.15, -0.1) is 0 Å². The molecule has 0 saturated carbocycles. The molecule has 0 aliphatic carbocycles. The zero-order chi connectivity index (χ0) is 19.8. The maximum absolute atomic E-state index is 10.6. The Labute approximate surface area is 158 Å². The van der Waals surface area contributed by atoms with Crippen LogP contribution in [-0.2, 0) is 11.2 Å². The quantitative estimate of drug-likeness (QED) is 0.658. The van der Waals surface area contributed by atoms with E-state index in [0.717, 1.165) is 5.56 Å². The number of aliphatic hydroxyl groups is 1. The van der Waals surface area contributed by atoms with Gasteiger partial charge in [0, 0.05) is 0 Å². The number of carboxylic acid groups (broad SMARTS) is 1. The second kappa shape index (κ2) is 9.68. The molecule has 0 amide bonds.